The standard InChI is InChI=1S/C32H29ClFNO3S/c1-18-6-8-21(34)15-26(18)38-17-24-22(10-11-25-30(24)19(2)16-32(3,4)35-25)23-9-7-20(14-27(23)37-5)31(36)28-12-13-29(33)39-28/h6-16,35H,17H2,1-5H3. The summed E-state index contributed by atoms with van der Waals surface area (Å²) in [5.41, 5.74) is 6.99. The number of fused-ring (bicyclic) bond motifs is 1. The molecule has 1 N–H and O–H groups in total. The number of nitrogens with one attached hydrogen (secondary N) is 1. The topological polar surface area (TPSA) is 47.6 Å². The van der Waals surface area contributed by atoms with Crippen LogP contribution < -0.4 is 14.8 Å². The van der Waals surface area contributed by atoms with Gasteiger partial charge in [-0.2, -0.15) is 0 Å². The highest BCUT2D eigenvalue weighted by atomic mass is 35.5. The van der Waals surface area contributed by atoms with Crippen molar-refractivity contribution in [2.24, 2.45) is 0 Å². The van der Waals surface area contributed by atoms with Gasteiger partial charge < -0.3 is 14.8 Å². The lowest BCUT2D eigenvalue weighted by Gasteiger charge is -2.33. The number of aryl methyl sites for hydroxylation is 1. The zero-order chi connectivity index (χ0) is 27.9. The lowest BCUT2D eigenvalue weighted by atomic mass is 9.85. The van der Waals surface area contributed by atoms with Gasteiger partial charge in [0.25, 0.3) is 0 Å². The first-order valence-electron chi connectivity index (χ1n) is 12.6. The molecule has 0 amide bonds. The Hall–Kier alpha value is -3.61. The normalized spacial score (nSPS) is 13.8. The van der Waals surface area contributed by atoms with E-state index < -0.39 is 0 Å². The Morgan fingerprint density at radius 2 is 1.77 bits per heavy atom. The molecule has 3 aromatic carbocycles. The van der Waals surface area contributed by atoms with E-state index in [0.717, 1.165) is 39.1 Å². The number of thiophene rings is 1. The summed E-state index contributed by atoms with van der Waals surface area (Å²) in [6.07, 6.45) is 2.20. The lowest BCUT2D eigenvalue weighted by molar-refractivity contribution is 0.104. The molecule has 0 saturated heterocycles. The number of hydrogen-bond acceptors (Lipinski definition) is 5. The van der Waals surface area contributed by atoms with Gasteiger partial charge in [-0.3, -0.25) is 4.79 Å². The van der Waals surface area contributed by atoms with E-state index >= 15 is 0 Å². The molecule has 0 unspecified atom stereocenters. The van der Waals surface area contributed by atoms with Gasteiger partial charge in [-0.05, 0) is 80.8 Å². The van der Waals surface area contributed by atoms with Gasteiger partial charge >= 0.3 is 0 Å². The molecule has 0 aliphatic carbocycles. The number of allylic oxidation sites excluding steroid dienone is 1. The quantitative estimate of drug-likeness (QED) is 0.229. The summed E-state index contributed by atoms with van der Waals surface area (Å²) in [6, 6.07) is 17.6. The minimum atomic E-state index is -0.348. The molecule has 200 valence electrons. The second-order valence-electron chi connectivity index (χ2n) is 10.2. The highest BCUT2D eigenvalue weighted by Crippen LogP contribution is 2.43. The first kappa shape index (κ1) is 27.0. The Kier molecular flexibility index (Phi) is 7.27. The van der Waals surface area contributed by atoms with E-state index in [2.05, 4.69) is 38.2 Å². The van der Waals surface area contributed by atoms with Gasteiger partial charge in [0.2, 0.25) is 5.78 Å². The summed E-state index contributed by atoms with van der Waals surface area (Å²) in [5, 5.41) is 3.60. The van der Waals surface area contributed by atoms with Crippen LogP contribution in [0.1, 0.15) is 52.7 Å². The molecule has 4 aromatic rings. The second-order valence-corrected chi connectivity index (χ2v) is 11.9. The molecule has 0 spiro atoms. The summed E-state index contributed by atoms with van der Waals surface area (Å²) < 4.78 is 26.6. The van der Waals surface area contributed by atoms with Crippen molar-refractivity contribution in [2.45, 2.75) is 39.8 Å². The van der Waals surface area contributed by atoms with E-state index in [1.54, 1.807) is 37.4 Å². The number of benzene rings is 3. The molecule has 2 heterocycles. The van der Waals surface area contributed by atoms with Gasteiger partial charge in [-0.1, -0.05) is 35.9 Å². The minimum Gasteiger partial charge on any atom is -0.496 e. The van der Waals surface area contributed by atoms with Gasteiger partial charge in [-0.15, -0.1) is 11.3 Å². The van der Waals surface area contributed by atoms with E-state index in [9.17, 15) is 9.18 Å². The maximum Gasteiger partial charge on any atom is 0.203 e. The molecule has 0 saturated carbocycles. The smallest absolute Gasteiger partial charge is 0.203 e. The second kappa shape index (κ2) is 10.5. The Morgan fingerprint density at radius 3 is 2.49 bits per heavy atom. The van der Waals surface area contributed by atoms with E-state index in [1.165, 1.54) is 23.5 Å². The third kappa shape index (κ3) is 5.45. The summed E-state index contributed by atoms with van der Waals surface area (Å²) >= 11 is 7.30. The SMILES string of the molecule is COc1cc(C(=O)c2ccc(Cl)s2)ccc1-c1ccc2c(c1COc1cc(F)ccc1C)C(C)=CC(C)(C)N2. The van der Waals surface area contributed by atoms with Crippen molar-refractivity contribution in [3.63, 3.8) is 0 Å². The van der Waals surface area contributed by atoms with Crippen molar-refractivity contribution in [3.8, 4) is 22.6 Å². The van der Waals surface area contributed by atoms with Gasteiger partial charge in [0, 0.05) is 34.0 Å². The van der Waals surface area contributed by atoms with Crippen LogP contribution >= 0.6 is 22.9 Å². The summed E-state index contributed by atoms with van der Waals surface area (Å²) in [4.78, 5) is 13.7. The van der Waals surface area contributed by atoms with Gasteiger partial charge in [0.15, 0.2) is 0 Å². The molecule has 1 aromatic heterocycles. The third-order valence-corrected chi connectivity index (χ3v) is 8.04. The highest BCUT2D eigenvalue weighted by molar-refractivity contribution is 7.18. The van der Waals surface area contributed by atoms with E-state index in [0.29, 0.717) is 26.3 Å². The number of methoxy groups -OCH3 is 1. The number of rotatable bonds is 7. The number of ketones is 1. The molecule has 0 atom stereocenters. The van der Waals surface area contributed by atoms with Crippen molar-refractivity contribution in [1.29, 1.82) is 0 Å². The van der Waals surface area contributed by atoms with E-state index in [4.69, 9.17) is 21.1 Å². The van der Waals surface area contributed by atoms with Gasteiger partial charge in [0.1, 0.15) is 23.9 Å². The predicted octanol–water partition coefficient (Wildman–Crippen LogP) is 8.94. The third-order valence-electron chi connectivity index (χ3n) is 6.81. The van der Waals surface area contributed by atoms with Crippen LogP contribution in [0.3, 0.4) is 0 Å². The number of ether oxygens (including phenoxy) is 2. The molecule has 39 heavy (non-hydrogen) atoms. The zero-order valence-electron chi connectivity index (χ0n) is 22.4. The summed E-state index contributed by atoms with van der Waals surface area (Å²) in [5.74, 6) is 0.598. The molecule has 0 fully saturated rings. The minimum absolute atomic E-state index is 0.113. The Balaban J connectivity index is 1.62. The van der Waals surface area contributed by atoms with Crippen LogP contribution in [-0.4, -0.2) is 18.4 Å². The van der Waals surface area contributed by atoms with Crippen LogP contribution in [0.25, 0.3) is 16.7 Å². The Bertz CT molecular complexity index is 1620. The van der Waals surface area contributed by atoms with E-state index in [1.807, 2.05) is 19.1 Å². The summed E-state index contributed by atoms with van der Waals surface area (Å²) in [7, 11) is 1.59. The largest absolute Gasteiger partial charge is 0.496 e. The Labute approximate surface area is 237 Å². The molecular formula is C32H29ClFNO3S. The monoisotopic (exact) mass is 561 g/mol. The fourth-order valence-corrected chi connectivity index (χ4v) is 6.12. The van der Waals surface area contributed by atoms with Gasteiger partial charge in [0.05, 0.1) is 21.9 Å². The van der Waals surface area contributed by atoms with Crippen LogP contribution in [-0.2, 0) is 6.61 Å². The lowest BCUT2D eigenvalue weighted by Crippen LogP contribution is -2.32. The van der Waals surface area contributed by atoms with Crippen molar-refractivity contribution in [2.75, 3.05) is 12.4 Å². The number of carbonyl (C=O) groups excluding carboxylic acids is 1. The number of anilines is 1. The summed E-state index contributed by atoms with van der Waals surface area (Å²) in [6.45, 7) is 8.45. The predicted molar refractivity (Wildman–Crippen MR) is 158 cm³/mol. The molecule has 1 aliphatic heterocycles. The fraction of sp³-hybridized carbons (Fsp3) is 0.219. The molecule has 0 bridgehead atoms. The first-order valence-corrected chi connectivity index (χ1v) is 13.8. The van der Waals surface area contributed by atoms with Crippen LogP contribution in [0, 0.1) is 12.7 Å². The fourth-order valence-electron chi connectivity index (χ4n) is 5.11. The molecule has 1 aliphatic rings. The van der Waals surface area contributed by atoms with Crippen molar-refractivity contribution in [1.82, 2.24) is 0 Å². The first-order chi connectivity index (χ1) is 18.6. The maximum atomic E-state index is 14.0. The van der Waals surface area contributed by atoms with Crippen molar-refractivity contribution >= 4 is 40.0 Å². The van der Waals surface area contributed by atoms with Gasteiger partial charge in [-0.25, -0.2) is 4.39 Å². The van der Waals surface area contributed by atoms with Crippen molar-refractivity contribution in [3.05, 3.63) is 104 Å². The van der Waals surface area contributed by atoms with Crippen LogP contribution in [0.15, 0.2) is 66.7 Å². The molecule has 4 nitrogen and oxygen atoms in total. The van der Waals surface area contributed by atoms with E-state index in [-0.39, 0.29) is 23.7 Å². The Morgan fingerprint density at radius 1 is 1.00 bits per heavy atom. The molecule has 5 rings (SSSR count). The number of carbonyl (C=O) groups is 1. The molecule has 0 radical (unpaired) electrons. The van der Waals surface area contributed by atoms with Crippen LogP contribution in [0.4, 0.5) is 10.1 Å². The average Bonchev–Trinajstić information content (AvgIpc) is 3.33. The zero-order valence-corrected chi connectivity index (χ0v) is 24.0. The average molecular weight is 562 g/mol. The van der Waals surface area contributed by atoms with Crippen LogP contribution in [0.2, 0.25) is 4.34 Å². The molecule has 7 heteroatoms. The van der Waals surface area contributed by atoms with Crippen LogP contribution in [0.5, 0.6) is 11.5 Å². The van der Waals surface area contributed by atoms with Crippen molar-refractivity contribution < 1.29 is 18.7 Å². The number of halogens is 2. The molecular weight excluding hydrogens is 533 g/mol. The highest BCUT2D eigenvalue weighted by Gasteiger charge is 2.27. The maximum absolute atomic E-state index is 14.0. The number of hydrogen-bond donors (Lipinski definition) is 1.